The van der Waals surface area contributed by atoms with Gasteiger partial charge in [-0.3, -0.25) is 14.9 Å². The zero-order valence-corrected chi connectivity index (χ0v) is 19.3. The van der Waals surface area contributed by atoms with Crippen molar-refractivity contribution in [3.8, 4) is 11.1 Å². The molecule has 8 heteroatoms. The number of benzene rings is 3. The fourth-order valence-corrected chi connectivity index (χ4v) is 4.33. The van der Waals surface area contributed by atoms with E-state index in [9.17, 15) is 18.8 Å². The molecule has 0 radical (unpaired) electrons. The van der Waals surface area contributed by atoms with Crippen LogP contribution in [0, 0.1) is 5.82 Å². The molecule has 0 heterocycles. The van der Waals surface area contributed by atoms with Crippen molar-refractivity contribution < 1.29 is 28.6 Å². The summed E-state index contributed by atoms with van der Waals surface area (Å²) in [6.45, 7) is 3.18. The summed E-state index contributed by atoms with van der Waals surface area (Å²) in [4.78, 5) is 35.7. The van der Waals surface area contributed by atoms with E-state index in [4.69, 9.17) is 9.84 Å². The number of hydrogen-bond acceptors (Lipinski definition) is 4. The molecular formula is C27H25FN2O5. The Morgan fingerprint density at radius 1 is 0.971 bits per heavy atom. The van der Waals surface area contributed by atoms with E-state index in [1.54, 1.807) is 0 Å². The number of carboxylic acids is 1. The monoisotopic (exact) mass is 476 g/mol. The average molecular weight is 477 g/mol. The maximum Gasteiger partial charge on any atom is 0.411 e. The normalized spacial score (nSPS) is 12.4. The van der Waals surface area contributed by atoms with Gasteiger partial charge in [0.25, 0.3) is 5.91 Å². The fraction of sp³-hybridized carbons (Fsp3) is 0.222. The number of carbonyl (C=O) groups is 3. The van der Waals surface area contributed by atoms with Gasteiger partial charge in [0.2, 0.25) is 0 Å². The maximum atomic E-state index is 14.6. The zero-order chi connectivity index (χ0) is 25.2. The van der Waals surface area contributed by atoms with E-state index in [0.29, 0.717) is 0 Å². The van der Waals surface area contributed by atoms with Crippen molar-refractivity contribution >= 4 is 23.7 Å². The Hall–Kier alpha value is -4.20. The standard InChI is InChI=1S/C27H25FN2O5/c1-27(2,14-24(31)32)30-25(33)21-12-11-16(13-23(21)28)29-26(34)35-15-22-19-9-5-3-7-17(19)18-8-4-6-10-20(18)22/h3-13,22H,14-15H2,1-2H3,(H,29,34)(H,30,33)(H,31,32). The van der Waals surface area contributed by atoms with E-state index in [1.165, 1.54) is 26.0 Å². The van der Waals surface area contributed by atoms with Crippen LogP contribution in [0.25, 0.3) is 11.1 Å². The number of hydrogen-bond donors (Lipinski definition) is 3. The second-order valence-corrected chi connectivity index (χ2v) is 9.05. The summed E-state index contributed by atoms with van der Waals surface area (Å²) in [7, 11) is 0. The molecule has 1 aliphatic carbocycles. The number of carboxylic acid groups (broad SMARTS) is 1. The lowest BCUT2D eigenvalue weighted by atomic mass is 9.98. The molecule has 4 rings (SSSR count). The Morgan fingerprint density at radius 2 is 1.57 bits per heavy atom. The van der Waals surface area contributed by atoms with Gasteiger partial charge in [-0.15, -0.1) is 0 Å². The second-order valence-electron chi connectivity index (χ2n) is 9.05. The number of anilines is 1. The third-order valence-electron chi connectivity index (χ3n) is 5.85. The van der Waals surface area contributed by atoms with Gasteiger partial charge in [0.1, 0.15) is 12.4 Å². The van der Waals surface area contributed by atoms with Crippen LogP contribution in [0.1, 0.15) is 47.7 Å². The molecule has 0 aromatic heterocycles. The first-order valence-corrected chi connectivity index (χ1v) is 11.1. The van der Waals surface area contributed by atoms with Crippen LogP contribution in [-0.2, 0) is 9.53 Å². The predicted molar refractivity (Wildman–Crippen MR) is 129 cm³/mol. The van der Waals surface area contributed by atoms with Crippen LogP contribution in [0.4, 0.5) is 14.9 Å². The summed E-state index contributed by atoms with van der Waals surface area (Å²) in [5.41, 5.74) is 3.18. The van der Waals surface area contributed by atoms with Crippen molar-refractivity contribution in [3.05, 3.63) is 89.2 Å². The average Bonchev–Trinajstić information content (AvgIpc) is 3.10. The highest BCUT2D eigenvalue weighted by molar-refractivity contribution is 5.96. The Bertz CT molecular complexity index is 1260. The quantitative estimate of drug-likeness (QED) is 0.436. The largest absolute Gasteiger partial charge is 0.481 e. The van der Waals surface area contributed by atoms with Gasteiger partial charge in [-0.2, -0.15) is 0 Å². The number of rotatable bonds is 7. The molecule has 2 amide bonds. The molecular weight excluding hydrogens is 451 g/mol. The van der Waals surface area contributed by atoms with Crippen LogP contribution in [-0.4, -0.2) is 35.2 Å². The molecule has 3 aromatic rings. The molecule has 0 spiro atoms. The zero-order valence-electron chi connectivity index (χ0n) is 19.3. The van der Waals surface area contributed by atoms with Gasteiger partial charge in [0.15, 0.2) is 0 Å². The Kier molecular flexibility index (Phi) is 6.55. The molecule has 0 bridgehead atoms. The Labute approximate surface area is 201 Å². The lowest BCUT2D eigenvalue weighted by Gasteiger charge is -2.24. The van der Waals surface area contributed by atoms with E-state index in [2.05, 4.69) is 10.6 Å². The molecule has 1 aliphatic rings. The molecule has 0 atom stereocenters. The second kappa shape index (κ2) is 9.58. The summed E-state index contributed by atoms with van der Waals surface area (Å²) in [6, 6.07) is 19.5. The van der Waals surface area contributed by atoms with Gasteiger partial charge in [0.05, 0.1) is 12.0 Å². The summed E-state index contributed by atoms with van der Waals surface area (Å²) in [5, 5.41) is 13.9. The Morgan fingerprint density at radius 3 is 2.14 bits per heavy atom. The van der Waals surface area contributed by atoms with Crippen molar-refractivity contribution in [1.29, 1.82) is 0 Å². The van der Waals surface area contributed by atoms with E-state index in [0.717, 1.165) is 28.3 Å². The third kappa shape index (κ3) is 5.32. The molecule has 0 unspecified atom stereocenters. The van der Waals surface area contributed by atoms with E-state index in [-0.39, 0.29) is 30.2 Å². The minimum absolute atomic E-state index is 0.106. The van der Waals surface area contributed by atoms with Gasteiger partial charge in [-0.05, 0) is 54.3 Å². The van der Waals surface area contributed by atoms with Crippen molar-refractivity contribution in [1.82, 2.24) is 5.32 Å². The SMILES string of the molecule is CC(C)(CC(=O)O)NC(=O)c1ccc(NC(=O)OCC2c3ccccc3-c3ccccc32)cc1F. The van der Waals surface area contributed by atoms with Crippen LogP contribution in [0.5, 0.6) is 0 Å². The van der Waals surface area contributed by atoms with Crippen LogP contribution in [0.15, 0.2) is 66.7 Å². The molecule has 180 valence electrons. The van der Waals surface area contributed by atoms with Crippen LogP contribution in [0.2, 0.25) is 0 Å². The summed E-state index contributed by atoms with van der Waals surface area (Å²) < 4.78 is 20.0. The van der Waals surface area contributed by atoms with E-state index >= 15 is 0 Å². The molecule has 3 N–H and O–H groups in total. The highest BCUT2D eigenvalue weighted by Crippen LogP contribution is 2.44. The van der Waals surface area contributed by atoms with Crippen LogP contribution in [0.3, 0.4) is 0 Å². The van der Waals surface area contributed by atoms with Gasteiger partial charge in [-0.25, -0.2) is 9.18 Å². The fourth-order valence-electron chi connectivity index (χ4n) is 4.33. The maximum absolute atomic E-state index is 14.6. The van der Waals surface area contributed by atoms with E-state index in [1.807, 2.05) is 48.5 Å². The highest BCUT2D eigenvalue weighted by Gasteiger charge is 2.29. The van der Waals surface area contributed by atoms with Gasteiger partial charge >= 0.3 is 12.1 Å². The van der Waals surface area contributed by atoms with Crippen molar-refractivity contribution in [2.45, 2.75) is 31.7 Å². The smallest absolute Gasteiger partial charge is 0.411 e. The number of ether oxygens (including phenoxy) is 1. The topological polar surface area (TPSA) is 105 Å². The van der Waals surface area contributed by atoms with Gasteiger partial charge in [0, 0.05) is 17.1 Å². The minimum Gasteiger partial charge on any atom is -0.481 e. The third-order valence-corrected chi connectivity index (χ3v) is 5.85. The first-order chi connectivity index (χ1) is 16.6. The molecule has 35 heavy (non-hydrogen) atoms. The molecule has 3 aromatic carbocycles. The minimum atomic E-state index is -1.08. The first-order valence-electron chi connectivity index (χ1n) is 11.1. The molecule has 0 saturated carbocycles. The molecule has 0 fully saturated rings. The number of nitrogens with one attached hydrogen (secondary N) is 2. The Balaban J connectivity index is 1.39. The van der Waals surface area contributed by atoms with Crippen LogP contribution >= 0.6 is 0 Å². The number of fused-ring (bicyclic) bond motifs is 3. The van der Waals surface area contributed by atoms with E-state index < -0.39 is 29.3 Å². The number of halogens is 1. The number of carbonyl (C=O) groups excluding carboxylic acids is 2. The summed E-state index contributed by atoms with van der Waals surface area (Å²) in [6.07, 6.45) is -1.06. The first kappa shape index (κ1) is 23.9. The van der Waals surface area contributed by atoms with Crippen molar-refractivity contribution in [2.24, 2.45) is 0 Å². The van der Waals surface area contributed by atoms with Crippen molar-refractivity contribution in [3.63, 3.8) is 0 Å². The van der Waals surface area contributed by atoms with Crippen LogP contribution < -0.4 is 10.6 Å². The molecule has 7 nitrogen and oxygen atoms in total. The van der Waals surface area contributed by atoms with Gasteiger partial charge < -0.3 is 15.2 Å². The number of amides is 2. The summed E-state index contributed by atoms with van der Waals surface area (Å²) in [5.74, 6) is -2.80. The molecule has 0 saturated heterocycles. The van der Waals surface area contributed by atoms with Crippen molar-refractivity contribution in [2.75, 3.05) is 11.9 Å². The summed E-state index contributed by atoms with van der Waals surface area (Å²) >= 11 is 0. The lowest BCUT2D eigenvalue weighted by Crippen LogP contribution is -2.45. The van der Waals surface area contributed by atoms with Gasteiger partial charge in [-0.1, -0.05) is 48.5 Å². The number of aliphatic carboxylic acids is 1. The molecule has 0 aliphatic heterocycles. The lowest BCUT2D eigenvalue weighted by molar-refractivity contribution is -0.138. The highest BCUT2D eigenvalue weighted by atomic mass is 19.1. The predicted octanol–water partition coefficient (Wildman–Crippen LogP) is 5.17.